The van der Waals surface area contributed by atoms with Crippen LogP contribution in [0.4, 0.5) is 10.1 Å². The van der Waals surface area contributed by atoms with Crippen molar-refractivity contribution >= 4 is 27.3 Å². The maximum Gasteiger partial charge on any atom is 0.239 e. The standard InChI is InChI=1S/C18H19FN2O5S/c1-26-16-8-2-13(3-9-16)10-20-17(22)11-27(24,25)12-18(23)21-15-6-4-14(19)5-7-15/h2-9H,10-12H2,1H3,(H,20,22)(H,21,23). The van der Waals surface area contributed by atoms with Gasteiger partial charge in [-0.15, -0.1) is 0 Å². The van der Waals surface area contributed by atoms with E-state index in [0.717, 1.165) is 17.7 Å². The van der Waals surface area contributed by atoms with Crippen LogP contribution in [-0.4, -0.2) is 38.8 Å². The Kier molecular flexibility index (Phi) is 6.89. The summed E-state index contributed by atoms with van der Waals surface area (Å²) in [5, 5.41) is 4.83. The molecule has 2 aromatic carbocycles. The number of halogens is 1. The van der Waals surface area contributed by atoms with E-state index < -0.39 is 39.0 Å². The van der Waals surface area contributed by atoms with Crippen molar-refractivity contribution in [3.63, 3.8) is 0 Å². The smallest absolute Gasteiger partial charge is 0.239 e. The van der Waals surface area contributed by atoms with Gasteiger partial charge in [0.05, 0.1) is 7.11 Å². The highest BCUT2D eigenvalue weighted by atomic mass is 32.2. The van der Waals surface area contributed by atoms with Crippen molar-refractivity contribution in [2.75, 3.05) is 23.9 Å². The zero-order valence-electron chi connectivity index (χ0n) is 14.6. The van der Waals surface area contributed by atoms with E-state index in [1.54, 1.807) is 24.3 Å². The van der Waals surface area contributed by atoms with Crippen LogP contribution in [0.5, 0.6) is 5.75 Å². The number of rotatable bonds is 8. The van der Waals surface area contributed by atoms with Gasteiger partial charge in [0, 0.05) is 12.2 Å². The first-order valence-corrected chi connectivity index (χ1v) is 9.75. The van der Waals surface area contributed by atoms with E-state index in [1.807, 2.05) is 0 Å². The number of benzene rings is 2. The molecule has 2 N–H and O–H groups in total. The van der Waals surface area contributed by atoms with Gasteiger partial charge >= 0.3 is 0 Å². The summed E-state index contributed by atoms with van der Waals surface area (Å²) >= 11 is 0. The van der Waals surface area contributed by atoms with Crippen LogP contribution in [0.1, 0.15) is 5.56 Å². The summed E-state index contributed by atoms with van der Waals surface area (Å²) in [6, 6.07) is 11.8. The molecule has 0 bridgehead atoms. The molecule has 27 heavy (non-hydrogen) atoms. The minimum absolute atomic E-state index is 0.153. The van der Waals surface area contributed by atoms with E-state index in [-0.39, 0.29) is 12.2 Å². The predicted octanol–water partition coefficient (Wildman–Crippen LogP) is 1.50. The Balaban J connectivity index is 1.82. The number of carbonyl (C=O) groups is 2. The Morgan fingerprint density at radius 1 is 0.963 bits per heavy atom. The summed E-state index contributed by atoms with van der Waals surface area (Å²) in [7, 11) is -2.41. The molecule has 0 atom stereocenters. The Morgan fingerprint density at radius 3 is 2.15 bits per heavy atom. The van der Waals surface area contributed by atoms with E-state index in [9.17, 15) is 22.4 Å². The third-order valence-electron chi connectivity index (χ3n) is 3.48. The third kappa shape index (κ3) is 7.06. The molecule has 2 amide bonds. The van der Waals surface area contributed by atoms with Crippen LogP contribution in [0.15, 0.2) is 48.5 Å². The average Bonchev–Trinajstić information content (AvgIpc) is 2.61. The Hall–Kier alpha value is -2.94. The molecule has 144 valence electrons. The maximum atomic E-state index is 12.8. The fraction of sp³-hybridized carbons (Fsp3) is 0.222. The molecule has 0 unspecified atom stereocenters. The van der Waals surface area contributed by atoms with Gasteiger partial charge in [-0.3, -0.25) is 9.59 Å². The van der Waals surface area contributed by atoms with Crippen LogP contribution in [0.3, 0.4) is 0 Å². The summed E-state index contributed by atoms with van der Waals surface area (Å²) in [6.45, 7) is 0.153. The first-order valence-electron chi connectivity index (χ1n) is 7.93. The van der Waals surface area contributed by atoms with Crippen molar-refractivity contribution in [3.8, 4) is 5.75 Å². The van der Waals surface area contributed by atoms with Crippen LogP contribution in [-0.2, 0) is 26.0 Å². The van der Waals surface area contributed by atoms with Gasteiger partial charge in [-0.25, -0.2) is 12.8 Å². The summed E-state index contributed by atoms with van der Waals surface area (Å²) in [4.78, 5) is 23.7. The topological polar surface area (TPSA) is 102 Å². The van der Waals surface area contributed by atoms with Gasteiger partial charge in [0.1, 0.15) is 23.1 Å². The average molecular weight is 394 g/mol. The molecule has 2 rings (SSSR count). The summed E-state index contributed by atoms with van der Waals surface area (Å²) in [5.74, 6) is -2.97. The second-order valence-corrected chi connectivity index (χ2v) is 7.78. The lowest BCUT2D eigenvalue weighted by Gasteiger charge is -2.08. The number of nitrogens with one attached hydrogen (secondary N) is 2. The monoisotopic (exact) mass is 394 g/mol. The fourth-order valence-corrected chi connectivity index (χ4v) is 3.25. The van der Waals surface area contributed by atoms with Crippen molar-refractivity contribution in [2.45, 2.75) is 6.54 Å². The van der Waals surface area contributed by atoms with Crippen LogP contribution < -0.4 is 15.4 Å². The molecule has 7 nitrogen and oxygen atoms in total. The second kappa shape index (κ2) is 9.13. The van der Waals surface area contributed by atoms with E-state index in [4.69, 9.17) is 4.74 Å². The maximum absolute atomic E-state index is 12.8. The first kappa shape index (κ1) is 20.4. The number of hydrogen-bond donors (Lipinski definition) is 2. The molecule has 2 aromatic rings. The van der Waals surface area contributed by atoms with Crippen molar-refractivity contribution < 1.29 is 27.1 Å². The van der Waals surface area contributed by atoms with Gasteiger partial charge in [0.2, 0.25) is 11.8 Å². The molecule has 0 heterocycles. The lowest BCUT2D eigenvalue weighted by molar-refractivity contribution is -0.118. The number of ether oxygens (including phenoxy) is 1. The zero-order valence-corrected chi connectivity index (χ0v) is 15.4. The second-order valence-electron chi connectivity index (χ2n) is 5.71. The first-order chi connectivity index (χ1) is 12.8. The van der Waals surface area contributed by atoms with Gasteiger partial charge in [-0.1, -0.05) is 12.1 Å². The normalized spacial score (nSPS) is 10.9. The van der Waals surface area contributed by atoms with E-state index in [2.05, 4.69) is 10.6 Å². The van der Waals surface area contributed by atoms with Crippen LogP contribution >= 0.6 is 0 Å². The Bertz CT molecular complexity index is 896. The van der Waals surface area contributed by atoms with E-state index in [0.29, 0.717) is 5.75 Å². The summed E-state index contributed by atoms with van der Waals surface area (Å²) in [5.41, 5.74) is 1.04. The number of carbonyl (C=O) groups excluding carboxylic acids is 2. The lowest BCUT2D eigenvalue weighted by atomic mass is 10.2. The van der Waals surface area contributed by atoms with Gasteiger partial charge < -0.3 is 15.4 Å². The zero-order chi connectivity index (χ0) is 19.9. The van der Waals surface area contributed by atoms with Crippen molar-refractivity contribution in [1.82, 2.24) is 5.32 Å². The molecule has 9 heteroatoms. The number of hydrogen-bond acceptors (Lipinski definition) is 5. The van der Waals surface area contributed by atoms with Crippen LogP contribution in [0, 0.1) is 5.82 Å². The molecular formula is C18H19FN2O5S. The number of amides is 2. The molecule has 0 aliphatic carbocycles. The largest absolute Gasteiger partial charge is 0.497 e. The molecule has 0 aromatic heterocycles. The molecule has 0 aliphatic heterocycles. The van der Waals surface area contributed by atoms with Gasteiger partial charge in [-0.05, 0) is 42.0 Å². The van der Waals surface area contributed by atoms with E-state index >= 15 is 0 Å². The quantitative estimate of drug-likeness (QED) is 0.707. The SMILES string of the molecule is COc1ccc(CNC(=O)CS(=O)(=O)CC(=O)Nc2ccc(F)cc2)cc1. The minimum Gasteiger partial charge on any atom is -0.497 e. The molecular weight excluding hydrogens is 375 g/mol. The molecule has 0 saturated carbocycles. The highest BCUT2D eigenvalue weighted by Gasteiger charge is 2.21. The molecule has 0 spiro atoms. The van der Waals surface area contributed by atoms with Crippen LogP contribution in [0.2, 0.25) is 0 Å². The number of methoxy groups -OCH3 is 1. The fourth-order valence-electron chi connectivity index (χ4n) is 2.18. The summed E-state index contributed by atoms with van der Waals surface area (Å²) in [6.07, 6.45) is 0. The van der Waals surface area contributed by atoms with Gasteiger partial charge in [0.15, 0.2) is 9.84 Å². The molecule has 0 fully saturated rings. The highest BCUT2D eigenvalue weighted by Crippen LogP contribution is 2.11. The molecule has 0 aliphatic rings. The molecule has 0 radical (unpaired) electrons. The Labute approximate surface area is 156 Å². The van der Waals surface area contributed by atoms with Crippen molar-refractivity contribution in [3.05, 3.63) is 59.9 Å². The van der Waals surface area contributed by atoms with Crippen LogP contribution in [0.25, 0.3) is 0 Å². The van der Waals surface area contributed by atoms with Crippen molar-refractivity contribution in [2.24, 2.45) is 0 Å². The predicted molar refractivity (Wildman–Crippen MR) is 98.5 cm³/mol. The highest BCUT2D eigenvalue weighted by molar-refractivity contribution is 7.92. The van der Waals surface area contributed by atoms with E-state index in [1.165, 1.54) is 19.2 Å². The summed E-state index contributed by atoms with van der Waals surface area (Å²) < 4.78 is 41.8. The van der Waals surface area contributed by atoms with Gasteiger partial charge in [0.25, 0.3) is 0 Å². The third-order valence-corrected chi connectivity index (χ3v) is 4.88. The lowest BCUT2D eigenvalue weighted by Crippen LogP contribution is -2.33. The number of sulfone groups is 1. The Morgan fingerprint density at radius 2 is 1.56 bits per heavy atom. The minimum atomic E-state index is -3.94. The number of anilines is 1. The van der Waals surface area contributed by atoms with Crippen molar-refractivity contribution in [1.29, 1.82) is 0 Å². The molecule has 0 saturated heterocycles. The van der Waals surface area contributed by atoms with Gasteiger partial charge in [-0.2, -0.15) is 0 Å².